The molecule has 28 heavy (non-hydrogen) atoms. The average Bonchev–Trinajstić information content (AvgIpc) is 3.04. The molecule has 146 valence electrons. The van der Waals surface area contributed by atoms with Crippen LogP contribution in [0.3, 0.4) is 0 Å². The third-order valence-corrected chi connectivity index (χ3v) is 6.06. The molecule has 9 heteroatoms. The molecule has 2 aromatic carbocycles. The number of nitrogens with zero attached hydrogens (tertiary/aromatic N) is 1. The van der Waals surface area contributed by atoms with Gasteiger partial charge in [0.05, 0.1) is 9.90 Å². The molecule has 0 atom stereocenters. The molecule has 0 aliphatic heterocycles. The summed E-state index contributed by atoms with van der Waals surface area (Å²) in [7, 11) is -3.32. The zero-order valence-electron chi connectivity index (χ0n) is 14.9. The monoisotopic (exact) mass is 422 g/mol. The Labute approximate surface area is 165 Å². The predicted octanol–water partition coefficient (Wildman–Crippen LogP) is 4.71. The van der Waals surface area contributed by atoms with Crippen molar-refractivity contribution < 1.29 is 22.0 Å². The topological polar surface area (TPSA) is 76.1 Å². The van der Waals surface area contributed by atoms with Crippen molar-refractivity contribution in [2.75, 3.05) is 11.6 Å². The van der Waals surface area contributed by atoms with E-state index in [1.54, 1.807) is 43.3 Å². The van der Waals surface area contributed by atoms with Crippen molar-refractivity contribution in [2.24, 2.45) is 0 Å². The minimum Gasteiger partial charge on any atom is -0.321 e. The Morgan fingerprint density at radius 2 is 1.75 bits per heavy atom. The molecule has 0 unspecified atom stereocenters. The number of carbonyl (C=O) groups is 1. The molecule has 5 nitrogen and oxygen atoms in total. The zero-order valence-corrected chi connectivity index (χ0v) is 16.6. The first-order valence-electron chi connectivity index (χ1n) is 8.13. The summed E-state index contributed by atoms with van der Waals surface area (Å²) in [6.07, 6.45) is -1.72. The van der Waals surface area contributed by atoms with Gasteiger partial charge in [-0.1, -0.05) is 30.3 Å². The number of para-hydroxylation sites is 1. The summed E-state index contributed by atoms with van der Waals surface area (Å²) in [6, 6.07) is 13.1. The van der Waals surface area contributed by atoms with E-state index in [0.717, 1.165) is 17.6 Å². The fourth-order valence-electron chi connectivity index (χ4n) is 2.66. The Bertz CT molecular complexity index is 1120. The molecular formula is C19H16F2N2O3S2. The number of benzene rings is 2. The molecule has 0 radical (unpaired) electrons. The van der Waals surface area contributed by atoms with Crippen molar-refractivity contribution in [3.63, 3.8) is 0 Å². The summed E-state index contributed by atoms with van der Waals surface area (Å²) in [6.45, 7) is 1.56. The molecule has 0 aliphatic rings. The number of carbonyl (C=O) groups excluding carboxylic acids is 1. The predicted molar refractivity (Wildman–Crippen MR) is 105 cm³/mol. The molecule has 3 aromatic rings. The lowest BCUT2D eigenvalue weighted by Crippen LogP contribution is -2.13. The van der Waals surface area contributed by atoms with Gasteiger partial charge in [-0.25, -0.2) is 22.2 Å². The van der Waals surface area contributed by atoms with Gasteiger partial charge in [-0.15, -0.1) is 11.3 Å². The molecule has 3 rings (SSSR count). The lowest BCUT2D eigenvalue weighted by Gasteiger charge is -2.11. The minimum atomic E-state index is -3.32. The van der Waals surface area contributed by atoms with Gasteiger partial charge in [0.15, 0.2) is 9.84 Å². The molecule has 1 heterocycles. The normalized spacial score (nSPS) is 11.6. The van der Waals surface area contributed by atoms with Crippen molar-refractivity contribution in [1.82, 2.24) is 4.98 Å². The van der Waals surface area contributed by atoms with Crippen molar-refractivity contribution in [2.45, 2.75) is 18.2 Å². The second-order valence-electron chi connectivity index (χ2n) is 6.04. The summed E-state index contributed by atoms with van der Waals surface area (Å²) < 4.78 is 49.5. The maximum atomic E-state index is 13.1. The molecule has 0 fully saturated rings. The number of anilines is 1. The van der Waals surface area contributed by atoms with Crippen molar-refractivity contribution >= 4 is 32.8 Å². The number of thiazole rings is 1. The van der Waals surface area contributed by atoms with Gasteiger partial charge in [0.25, 0.3) is 12.3 Å². The first kappa shape index (κ1) is 20.1. The average molecular weight is 422 g/mol. The third kappa shape index (κ3) is 4.26. The van der Waals surface area contributed by atoms with Crippen LogP contribution in [-0.4, -0.2) is 25.6 Å². The third-order valence-electron chi connectivity index (χ3n) is 3.94. The van der Waals surface area contributed by atoms with Crippen molar-refractivity contribution in [1.29, 1.82) is 0 Å². The van der Waals surface area contributed by atoms with E-state index in [4.69, 9.17) is 0 Å². The highest BCUT2D eigenvalue weighted by Crippen LogP contribution is 2.31. The Morgan fingerprint density at radius 1 is 1.11 bits per heavy atom. The van der Waals surface area contributed by atoms with E-state index in [0.29, 0.717) is 21.8 Å². The van der Waals surface area contributed by atoms with E-state index >= 15 is 0 Å². The number of aryl methyl sites for hydroxylation is 1. The summed E-state index contributed by atoms with van der Waals surface area (Å²) in [4.78, 5) is 16.4. The van der Waals surface area contributed by atoms with Crippen LogP contribution in [-0.2, 0) is 9.84 Å². The number of hydrogen-bond acceptors (Lipinski definition) is 5. The van der Waals surface area contributed by atoms with E-state index < -0.39 is 27.9 Å². The highest BCUT2D eigenvalue weighted by molar-refractivity contribution is 7.90. The lowest BCUT2D eigenvalue weighted by molar-refractivity contribution is 0.101. The van der Waals surface area contributed by atoms with E-state index in [9.17, 15) is 22.0 Å². The molecule has 0 saturated carbocycles. The van der Waals surface area contributed by atoms with Gasteiger partial charge in [0, 0.05) is 17.5 Å². The number of aromatic nitrogens is 1. The molecular weight excluding hydrogens is 406 g/mol. The molecule has 0 bridgehead atoms. The highest BCUT2D eigenvalue weighted by Gasteiger charge is 2.24. The van der Waals surface area contributed by atoms with Crippen LogP contribution in [0.25, 0.3) is 11.1 Å². The fraction of sp³-hybridized carbons (Fsp3) is 0.158. The van der Waals surface area contributed by atoms with Gasteiger partial charge < -0.3 is 5.32 Å². The first-order valence-corrected chi connectivity index (χ1v) is 10.8. The first-order chi connectivity index (χ1) is 13.2. The van der Waals surface area contributed by atoms with Crippen molar-refractivity contribution in [3.8, 4) is 11.1 Å². The summed E-state index contributed by atoms with van der Waals surface area (Å²) >= 11 is 0.907. The van der Waals surface area contributed by atoms with Crippen LogP contribution >= 0.6 is 11.3 Å². The zero-order chi connectivity index (χ0) is 20.5. The Hall–Kier alpha value is -2.65. The largest absolute Gasteiger partial charge is 0.321 e. The van der Waals surface area contributed by atoms with Gasteiger partial charge in [0.1, 0.15) is 10.6 Å². The molecule has 0 spiro atoms. The second-order valence-corrected chi connectivity index (χ2v) is 9.26. The number of rotatable bonds is 5. The van der Waals surface area contributed by atoms with Crippen LogP contribution in [0.5, 0.6) is 0 Å². The number of alkyl halides is 2. The lowest BCUT2D eigenvalue weighted by atomic mass is 10.0. The fourth-order valence-corrected chi connectivity index (χ4v) is 4.11. The van der Waals surface area contributed by atoms with Gasteiger partial charge in [-0.05, 0) is 30.7 Å². The Kier molecular flexibility index (Phi) is 5.57. The Balaban J connectivity index is 1.94. The van der Waals surface area contributed by atoms with Crippen LogP contribution in [0.15, 0.2) is 53.4 Å². The number of halogens is 2. The molecule has 1 N–H and O–H groups in total. The standard InChI is InChI=1S/C19H16F2N2O3S2/c1-11-22-16(18(20)21)17(27-11)19(24)23-15-6-4-3-5-14(15)12-7-9-13(10-8-12)28(2,25)26/h3-10,18H,1-2H3,(H,23,24). The van der Waals surface area contributed by atoms with Gasteiger partial charge >= 0.3 is 0 Å². The van der Waals surface area contributed by atoms with Crippen molar-refractivity contribution in [3.05, 3.63) is 64.1 Å². The summed E-state index contributed by atoms with van der Waals surface area (Å²) in [5.41, 5.74) is 1.20. The smallest absolute Gasteiger partial charge is 0.282 e. The number of amides is 1. The highest BCUT2D eigenvalue weighted by atomic mass is 32.2. The van der Waals surface area contributed by atoms with Gasteiger partial charge in [-0.3, -0.25) is 4.79 Å². The number of sulfone groups is 1. The maximum Gasteiger partial charge on any atom is 0.282 e. The Morgan fingerprint density at radius 3 is 2.36 bits per heavy atom. The van der Waals surface area contributed by atoms with Crippen LogP contribution in [0.2, 0.25) is 0 Å². The summed E-state index contributed by atoms with van der Waals surface area (Å²) in [5.74, 6) is -0.666. The molecule has 1 aromatic heterocycles. The minimum absolute atomic E-state index is 0.130. The maximum absolute atomic E-state index is 13.1. The van der Waals surface area contributed by atoms with Crippen LogP contribution in [0.4, 0.5) is 14.5 Å². The van der Waals surface area contributed by atoms with E-state index in [-0.39, 0.29) is 9.77 Å². The van der Waals surface area contributed by atoms with Gasteiger partial charge in [-0.2, -0.15) is 0 Å². The van der Waals surface area contributed by atoms with E-state index in [1.807, 2.05) is 0 Å². The van der Waals surface area contributed by atoms with Gasteiger partial charge in [0.2, 0.25) is 0 Å². The van der Waals surface area contributed by atoms with E-state index in [2.05, 4.69) is 10.3 Å². The van der Waals surface area contributed by atoms with Crippen LogP contribution in [0, 0.1) is 6.92 Å². The second kappa shape index (κ2) is 7.76. The summed E-state index contributed by atoms with van der Waals surface area (Å²) in [5, 5.41) is 3.04. The number of hydrogen-bond donors (Lipinski definition) is 1. The molecule has 0 aliphatic carbocycles. The molecule has 0 saturated heterocycles. The quantitative estimate of drug-likeness (QED) is 0.646. The van der Waals surface area contributed by atoms with Crippen LogP contribution < -0.4 is 5.32 Å². The van der Waals surface area contributed by atoms with E-state index in [1.165, 1.54) is 12.1 Å². The molecule has 1 amide bonds. The number of nitrogens with one attached hydrogen (secondary N) is 1. The van der Waals surface area contributed by atoms with Crippen LogP contribution in [0.1, 0.15) is 26.8 Å². The SMILES string of the molecule is Cc1nc(C(F)F)c(C(=O)Nc2ccccc2-c2ccc(S(C)(=O)=O)cc2)s1.